The maximum atomic E-state index is 13.1. The molecule has 0 aliphatic carbocycles. The van der Waals surface area contributed by atoms with E-state index in [2.05, 4.69) is 20.8 Å². The largest absolute Gasteiger partial charge is 0.322 e. The van der Waals surface area contributed by atoms with Crippen molar-refractivity contribution in [1.82, 2.24) is 10.2 Å². The summed E-state index contributed by atoms with van der Waals surface area (Å²) in [5.41, 5.74) is 3.08. The predicted octanol–water partition coefficient (Wildman–Crippen LogP) is 5.88. The smallest absolute Gasteiger partial charge is 0.255 e. The molecule has 8 heteroatoms. The Hall–Kier alpha value is -3.49. The third kappa shape index (κ3) is 5.85. The molecule has 166 valence electrons. The summed E-state index contributed by atoms with van der Waals surface area (Å²) in [7, 11) is 0. The zero-order valence-electron chi connectivity index (χ0n) is 18.1. The lowest BCUT2D eigenvalue weighted by atomic mass is 10.1. The summed E-state index contributed by atoms with van der Waals surface area (Å²) in [6.45, 7) is 3.75. The van der Waals surface area contributed by atoms with Crippen molar-refractivity contribution >= 4 is 45.7 Å². The number of hydrogen-bond donors (Lipinski definition) is 2. The van der Waals surface area contributed by atoms with Crippen molar-refractivity contribution in [2.24, 2.45) is 0 Å². The van der Waals surface area contributed by atoms with Gasteiger partial charge in [0.25, 0.3) is 5.91 Å². The third-order valence-electron chi connectivity index (χ3n) is 4.83. The van der Waals surface area contributed by atoms with Crippen LogP contribution in [0.5, 0.6) is 0 Å². The van der Waals surface area contributed by atoms with Gasteiger partial charge in [0.05, 0.1) is 0 Å². The number of aryl methyl sites for hydroxylation is 2. The van der Waals surface area contributed by atoms with E-state index in [0.29, 0.717) is 16.4 Å². The molecule has 1 atom stereocenters. The van der Waals surface area contributed by atoms with E-state index < -0.39 is 5.25 Å². The van der Waals surface area contributed by atoms with E-state index in [1.54, 1.807) is 6.07 Å². The molecule has 0 fully saturated rings. The molecule has 0 saturated carbocycles. The van der Waals surface area contributed by atoms with Crippen LogP contribution < -0.4 is 10.6 Å². The van der Waals surface area contributed by atoms with Crippen LogP contribution in [0.15, 0.2) is 83.8 Å². The maximum Gasteiger partial charge on any atom is 0.255 e. The molecule has 2 N–H and O–H groups in total. The van der Waals surface area contributed by atoms with Crippen LogP contribution in [-0.4, -0.2) is 22.0 Å². The Balaban J connectivity index is 1.54. The fourth-order valence-corrected chi connectivity index (χ4v) is 4.91. The minimum Gasteiger partial charge on any atom is -0.322 e. The number of hydrogen-bond acceptors (Lipinski definition) is 6. The number of rotatable bonds is 7. The Labute approximate surface area is 200 Å². The third-order valence-corrected chi connectivity index (χ3v) is 6.83. The van der Waals surface area contributed by atoms with Gasteiger partial charge in [0, 0.05) is 16.1 Å². The second-order valence-electron chi connectivity index (χ2n) is 7.32. The van der Waals surface area contributed by atoms with Crippen LogP contribution in [0.3, 0.4) is 0 Å². The molecular weight excluding hydrogens is 452 g/mol. The summed E-state index contributed by atoms with van der Waals surface area (Å²) in [4.78, 5) is 26.7. The van der Waals surface area contributed by atoms with Gasteiger partial charge in [-0.05, 0) is 49.2 Å². The van der Waals surface area contributed by atoms with Gasteiger partial charge in [0.1, 0.15) is 10.3 Å². The summed E-state index contributed by atoms with van der Waals surface area (Å²) in [6, 6.07) is 24.5. The van der Waals surface area contributed by atoms with Crippen molar-refractivity contribution in [3.63, 3.8) is 0 Å². The van der Waals surface area contributed by atoms with Crippen LogP contribution in [0, 0.1) is 13.8 Å². The molecule has 0 bridgehead atoms. The molecule has 33 heavy (non-hydrogen) atoms. The monoisotopic (exact) mass is 474 g/mol. The Morgan fingerprint density at radius 2 is 1.64 bits per heavy atom. The normalized spacial score (nSPS) is 11.6. The molecule has 1 heterocycles. The lowest BCUT2D eigenvalue weighted by Crippen LogP contribution is -2.19. The highest BCUT2D eigenvalue weighted by Gasteiger charge is 2.23. The second-order valence-corrected chi connectivity index (χ2v) is 9.68. The average molecular weight is 475 g/mol. The Kier molecular flexibility index (Phi) is 7.16. The summed E-state index contributed by atoms with van der Waals surface area (Å²) >= 11 is 2.74. The molecule has 0 aliphatic heterocycles. The van der Waals surface area contributed by atoms with Crippen LogP contribution >= 0.6 is 23.1 Å². The molecule has 0 radical (unpaired) electrons. The molecule has 2 amide bonds. The molecule has 0 spiro atoms. The number of aromatic nitrogens is 2. The number of anilines is 2. The van der Waals surface area contributed by atoms with E-state index in [9.17, 15) is 9.59 Å². The fraction of sp³-hybridized carbons (Fsp3) is 0.120. The van der Waals surface area contributed by atoms with Crippen molar-refractivity contribution in [1.29, 1.82) is 0 Å². The molecule has 1 aromatic heterocycles. The summed E-state index contributed by atoms with van der Waals surface area (Å²) in [5, 5.41) is 14.5. The Morgan fingerprint density at radius 1 is 0.879 bits per heavy atom. The molecule has 6 nitrogen and oxygen atoms in total. The molecule has 0 aliphatic rings. The molecule has 1 unspecified atom stereocenters. The van der Waals surface area contributed by atoms with E-state index in [1.807, 2.05) is 86.6 Å². The zero-order chi connectivity index (χ0) is 23.2. The highest BCUT2D eigenvalue weighted by atomic mass is 32.2. The second kappa shape index (κ2) is 10.4. The first kappa shape index (κ1) is 22.7. The first-order valence-corrected chi connectivity index (χ1v) is 12.0. The molecular formula is C25H22N4O2S2. The highest BCUT2D eigenvalue weighted by molar-refractivity contribution is 8.00. The summed E-state index contributed by atoms with van der Waals surface area (Å²) < 4.78 is 0. The van der Waals surface area contributed by atoms with E-state index in [1.165, 1.54) is 23.1 Å². The SMILES string of the molecule is Cc1nnc(NC(=O)C(Sc2cccc(NC(=O)c3ccccc3C)c2)c2ccccc2)s1. The first-order chi connectivity index (χ1) is 16.0. The minimum atomic E-state index is -0.502. The average Bonchev–Trinajstić information content (AvgIpc) is 3.23. The number of thioether (sulfide) groups is 1. The van der Waals surface area contributed by atoms with Crippen LogP contribution in [0.1, 0.15) is 31.7 Å². The molecule has 3 aromatic carbocycles. The van der Waals surface area contributed by atoms with Gasteiger partial charge in [0.15, 0.2) is 0 Å². The van der Waals surface area contributed by atoms with Crippen molar-refractivity contribution in [2.75, 3.05) is 10.6 Å². The lowest BCUT2D eigenvalue weighted by Gasteiger charge is -2.17. The minimum absolute atomic E-state index is 0.167. The zero-order valence-corrected chi connectivity index (χ0v) is 19.7. The summed E-state index contributed by atoms with van der Waals surface area (Å²) in [5.74, 6) is -0.351. The van der Waals surface area contributed by atoms with Crippen LogP contribution in [0.2, 0.25) is 0 Å². The van der Waals surface area contributed by atoms with Gasteiger partial charge in [-0.1, -0.05) is 65.9 Å². The number of carbonyl (C=O) groups excluding carboxylic acids is 2. The standard InChI is InChI=1S/C25H22N4O2S2/c1-16-9-6-7-14-21(16)23(30)26-19-12-8-13-20(15-19)33-22(18-10-4-3-5-11-18)24(31)27-25-29-28-17(2)32-25/h3-15,22H,1-2H3,(H,26,30)(H,27,29,31). The number of nitrogens with one attached hydrogen (secondary N) is 2. The van der Waals surface area contributed by atoms with Gasteiger partial charge in [0.2, 0.25) is 11.0 Å². The molecule has 0 saturated heterocycles. The van der Waals surface area contributed by atoms with Crippen molar-refractivity contribution in [3.05, 3.63) is 101 Å². The van der Waals surface area contributed by atoms with E-state index in [0.717, 1.165) is 21.0 Å². The van der Waals surface area contributed by atoms with E-state index >= 15 is 0 Å². The first-order valence-electron chi connectivity index (χ1n) is 10.3. The number of nitrogens with zero attached hydrogens (tertiary/aromatic N) is 2. The Bertz CT molecular complexity index is 1270. The predicted molar refractivity (Wildman–Crippen MR) is 134 cm³/mol. The lowest BCUT2D eigenvalue weighted by molar-refractivity contribution is -0.115. The molecule has 4 rings (SSSR count). The van der Waals surface area contributed by atoms with Crippen molar-refractivity contribution in [3.8, 4) is 0 Å². The van der Waals surface area contributed by atoms with Crippen molar-refractivity contribution in [2.45, 2.75) is 24.0 Å². The summed E-state index contributed by atoms with van der Waals surface area (Å²) in [6.07, 6.45) is 0. The maximum absolute atomic E-state index is 13.1. The topological polar surface area (TPSA) is 84.0 Å². The van der Waals surface area contributed by atoms with Crippen LogP contribution in [-0.2, 0) is 4.79 Å². The van der Waals surface area contributed by atoms with Gasteiger partial charge < -0.3 is 5.32 Å². The van der Waals surface area contributed by atoms with Gasteiger partial charge in [-0.25, -0.2) is 0 Å². The molecule has 4 aromatic rings. The van der Waals surface area contributed by atoms with Gasteiger partial charge in [-0.3, -0.25) is 14.9 Å². The van der Waals surface area contributed by atoms with Gasteiger partial charge in [-0.15, -0.1) is 22.0 Å². The quantitative estimate of drug-likeness (QED) is 0.327. The van der Waals surface area contributed by atoms with Gasteiger partial charge in [-0.2, -0.15) is 0 Å². The number of carbonyl (C=O) groups is 2. The number of amides is 2. The van der Waals surface area contributed by atoms with E-state index in [4.69, 9.17) is 0 Å². The van der Waals surface area contributed by atoms with E-state index in [-0.39, 0.29) is 11.8 Å². The van der Waals surface area contributed by atoms with Gasteiger partial charge >= 0.3 is 0 Å². The number of benzene rings is 3. The van der Waals surface area contributed by atoms with Crippen LogP contribution in [0.4, 0.5) is 10.8 Å². The van der Waals surface area contributed by atoms with Crippen molar-refractivity contribution < 1.29 is 9.59 Å². The highest BCUT2D eigenvalue weighted by Crippen LogP contribution is 2.37. The fourth-order valence-electron chi connectivity index (χ4n) is 3.23. The Morgan fingerprint density at radius 3 is 2.36 bits per heavy atom. The van der Waals surface area contributed by atoms with Crippen LogP contribution in [0.25, 0.3) is 0 Å².